The monoisotopic (exact) mass is 286 g/mol. The Balaban J connectivity index is 2.30. The Kier molecular flexibility index (Phi) is 3.82. The van der Waals surface area contributed by atoms with E-state index < -0.39 is 16.6 Å². The number of aryl methyl sites for hydroxylation is 2. The second-order valence-corrected chi connectivity index (χ2v) is 5.69. The standard InChI is InChI=1S/C12H12ClFN2OS/c1-8-12(13)10(16(2)15-8)7-18(17)11-6-4-3-5-9(11)14/h3-6H,7H2,1-2H3. The van der Waals surface area contributed by atoms with Crippen LogP contribution in [0.5, 0.6) is 0 Å². The van der Waals surface area contributed by atoms with Gasteiger partial charge in [-0.1, -0.05) is 23.7 Å². The molecular weight excluding hydrogens is 275 g/mol. The Hall–Kier alpha value is -1.20. The SMILES string of the molecule is Cc1nn(C)c(CS(=O)c2ccccc2F)c1Cl. The van der Waals surface area contributed by atoms with E-state index in [2.05, 4.69) is 5.10 Å². The zero-order chi connectivity index (χ0) is 13.3. The van der Waals surface area contributed by atoms with Gasteiger partial charge in [0.05, 0.1) is 37.9 Å². The van der Waals surface area contributed by atoms with E-state index in [1.54, 1.807) is 30.8 Å². The first-order valence-electron chi connectivity index (χ1n) is 5.31. The molecule has 0 aliphatic rings. The molecule has 1 heterocycles. The Morgan fingerprint density at radius 2 is 2.11 bits per heavy atom. The van der Waals surface area contributed by atoms with Crippen molar-refractivity contribution in [3.05, 3.63) is 46.5 Å². The average Bonchev–Trinajstić information content (AvgIpc) is 2.56. The molecule has 18 heavy (non-hydrogen) atoms. The van der Waals surface area contributed by atoms with Gasteiger partial charge >= 0.3 is 0 Å². The summed E-state index contributed by atoms with van der Waals surface area (Å²) in [6, 6.07) is 6.04. The quantitative estimate of drug-likeness (QED) is 0.870. The highest BCUT2D eigenvalue weighted by Gasteiger charge is 2.16. The maximum absolute atomic E-state index is 13.5. The molecule has 1 atom stereocenters. The summed E-state index contributed by atoms with van der Waals surface area (Å²) < 4.78 is 27.2. The van der Waals surface area contributed by atoms with E-state index in [9.17, 15) is 8.60 Å². The van der Waals surface area contributed by atoms with E-state index in [-0.39, 0.29) is 10.6 Å². The molecule has 0 amide bonds. The van der Waals surface area contributed by atoms with Crippen LogP contribution in [-0.2, 0) is 23.6 Å². The van der Waals surface area contributed by atoms with Crippen LogP contribution < -0.4 is 0 Å². The van der Waals surface area contributed by atoms with Crippen molar-refractivity contribution in [2.75, 3.05) is 0 Å². The van der Waals surface area contributed by atoms with Gasteiger partial charge in [0.1, 0.15) is 5.82 Å². The zero-order valence-corrected chi connectivity index (χ0v) is 11.6. The van der Waals surface area contributed by atoms with Gasteiger partial charge in [0, 0.05) is 7.05 Å². The van der Waals surface area contributed by atoms with Gasteiger partial charge in [-0.3, -0.25) is 8.89 Å². The van der Waals surface area contributed by atoms with E-state index in [4.69, 9.17) is 11.6 Å². The maximum atomic E-state index is 13.5. The van der Waals surface area contributed by atoms with Gasteiger partial charge in [-0.2, -0.15) is 5.10 Å². The Morgan fingerprint density at radius 3 is 2.67 bits per heavy atom. The van der Waals surface area contributed by atoms with Crippen LogP contribution in [0, 0.1) is 12.7 Å². The zero-order valence-electron chi connectivity index (χ0n) is 9.98. The minimum atomic E-state index is -1.47. The lowest BCUT2D eigenvalue weighted by molar-refractivity contribution is 0.594. The van der Waals surface area contributed by atoms with Gasteiger partial charge < -0.3 is 0 Å². The molecule has 2 rings (SSSR count). The third-order valence-electron chi connectivity index (χ3n) is 2.61. The second kappa shape index (κ2) is 5.20. The van der Waals surface area contributed by atoms with Crippen LogP contribution >= 0.6 is 11.6 Å². The molecule has 0 spiro atoms. The topological polar surface area (TPSA) is 34.9 Å². The fraction of sp³-hybridized carbons (Fsp3) is 0.250. The van der Waals surface area contributed by atoms with Gasteiger partial charge in [0.25, 0.3) is 0 Å². The van der Waals surface area contributed by atoms with Crippen LogP contribution in [-0.4, -0.2) is 14.0 Å². The van der Waals surface area contributed by atoms with E-state index in [1.165, 1.54) is 12.1 Å². The van der Waals surface area contributed by atoms with Crippen LogP contribution in [0.4, 0.5) is 4.39 Å². The molecule has 0 fully saturated rings. The number of rotatable bonds is 3. The molecule has 3 nitrogen and oxygen atoms in total. The molecule has 1 unspecified atom stereocenters. The molecule has 0 saturated carbocycles. The molecule has 0 radical (unpaired) electrons. The number of hydrogen-bond acceptors (Lipinski definition) is 2. The van der Waals surface area contributed by atoms with Crippen molar-refractivity contribution in [3.63, 3.8) is 0 Å². The summed E-state index contributed by atoms with van der Waals surface area (Å²) in [6.07, 6.45) is 0. The third-order valence-corrected chi connectivity index (χ3v) is 4.46. The number of aromatic nitrogens is 2. The summed E-state index contributed by atoms with van der Waals surface area (Å²) in [5.41, 5.74) is 1.33. The van der Waals surface area contributed by atoms with Crippen LogP contribution in [0.2, 0.25) is 5.02 Å². The first-order valence-corrected chi connectivity index (χ1v) is 7.01. The fourth-order valence-electron chi connectivity index (χ4n) is 1.67. The van der Waals surface area contributed by atoms with Crippen LogP contribution in [0.3, 0.4) is 0 Å². The molecule has 0 N–H and O–H groups in total. The van der Waals surface area contributed by atoms with Crippen molar-refractivity contribution >= 4 is 22.4 Å². The van der Waals surface area contributed by atoms with Crippen LogP contribution in [0.1, 0.15) is 11.4 Å². The van der Waals surface area contributed by atoms with E-state index in [0.29, 0.717) is 16.4 Å². The van der Waals surface area contributed by atoms with Crippen LogP contribution in [0.25, 0.3) is 0 Å². The molecule has 0 saturated heterocycles. The first-order chi connectivity index (χ1) is 8.50. The summed E-state index contributed by atoms with van der Waals surface area (Å²) in [7, 11) is 0.255. The Morgan fingerprint density at radius 1 is 1.44 bits per heavy atom. The first kappa shape index (κ1) is 13.2. The lowest BCUT2D eigenvalue weighted by Gasteiger charge is -2.04. The number of hydrogen-bond donors (Lipinski definition) is 0. The van der Waals surface area contributed by atoms with E-state index >= 15 is 0 Å². The highest BCUT2D eigenvalue weighted by Crippen LogP contribution is 2.23. The molecule has 2 aromatic rings. The summed E-state index contributed by atoms with van der Waals surface area (Å²) >= 11 is 6.07. The summed E-state index contributed by atoms with van der Waals surface area (Å²) in [5, 5.41) is 4.62. The molecule has 96 valence electrons. The molecule has 6 heteroatoms. The molecular formula is C12H12ClFN2OS. The van der Waals surface area contributed by atoms with E-state index in [1.807, 2.05) is 0 Å². The second-order valence-electron chi connectivity index (χ2n) is 3.89. The lowest BCUT2D eigenvalue weighted by Crippen LogP contribution is -2.05. The van der Waals surface area contributed by atoms with Gasteiger partial charge in [0.15, 0.2) is 0 Å². The number of nitrogens with zero attached hydrogens (tertiary/aromatic N) is 2. The minimum absolute atomic E-state index is 0.150. The van der Waals surface area contributed by atoms with Crippen molar-refractivity contribution in [1.29, 1.82) is 0 Å². The van der Waals surface area contributed by atoms with Gasteiger partial charge in [-0.25, -0.2) is 4.39 Å². The predicted octanol–water partition coefficient (Wildman–Crippen LogP) is 2.83. The van der Waals surface area contributed by atoms with Gasteiger partial charge in [-0.15, -0.1) is 0 Å². The Bertz CT molecular complexity index is 612. The van der Waals surface area contributed by atoms with Gasteiger partial charge in [0.2, 0.25) is 0 Å². The predicted molar refractivity (Wildman–Crippen MR) is 69.5 cm³/mol. The minimum Gasteiger partial charge on any atom is -0.270 e. The lowest BCUT2D eigenvalue weighted by atomic mass is 10.3. The van der Waals surface area contributed by atoms with Crippen LogP contribution in [0.15, 0.2) is 29.2 Å². The van der Waals surface area contributed by atoms with Crippen molar-refractivity contribution < 1.29 is 8.60 Å². The number of halogens is 2. The van der Waals surface area contributed by atoms with Crippen molar-refractivity contribution in [2.45, 2.75) is 17.6 Å². The summed E-state index contributed by atoms with van der Waals surface area (Å²) in [5.74, 6) is -0.317. The smallest absolute Gasteiger partial charge is 0.139 e. The molecule has 1 aromatic carbocycles. The van der Waals surface area contributed by atoms with E-state index in [0.717, 1.165) is 0 Å². The van der Waals surface area contributed by atoms with Crippen molar-refractivity contribution in [2.24, 2.45) is 7.05 Å². The fourth-order valence-corrected chi connectivity index (χ4v) is 3.23. The Labute approximate surface area is 112 Å². The number of benzene rings is 1. The van der Waals surface area contributed by atoms with Crippen molar-refractivity contribution in [3.8, 4) is 0 Å². The molecule has 0 aliphatic heterocycles. The highest BCUT2D eigenvalue weighted by atomic mass is 35.5. The third kappa shape index (κ3) is 2.47. The van der Waals surface area contributed by atoms with Gasteiger partial charge in [-0.05, 0) is 19.1 Å². The summed E-state index contributed by atoms with van der Waals surface area (Å²) in [4.78, 5) is 0.187. The summed E-state index contributed by atoms with van der Waals surface area (Å²) in [6.45, 7) is 1.78. The average molecular weight is 287 g/mol. The molecule has 1 aromatic heterocycles. The normalized spacial score (nSPS) is 12.7. The van der Waals surface area contributed by atoms with Crippen molar-refractivity contribution in [1.82, 2.24) is 9.78 Å². The largest absolute Gasteiger partial charge is 0.270 e. The highest BCUT2D eigenvalue weighted by molar-refractivity contribution is 7.84. The molecule has 0 bridgehead atoms. The maximum Gasteiger partial charge on any atom is 0.139 e. The molecule has 0 aliphatic carbocycles.